The van der Waals surface area contributed by atoms with Crippen molar-refractivity contribution in [2.45, 2.75) is 11.1 Å². The standard InChI is InChI=1S/C18H12F3N3O3S/c19-18(20,21)17-15-7-1-10-9-12(25)4-8-14(10)16(15)24(23-17)11-2-5-13(6-3-11)28(22,26)27/h1-9,25H,(H2,22,26,27). The second-order valence-corrected chi connectivity index (χ2v) is 7.73. The minimum absolute atomic E-state index is 0.0218. The molecule has 4 rings (SSSR count). The number of rotatable bonds is 2. The van der Waals surface area contributed by atoms with Gasteiger partial charge in [0.1, 0.15) is 5.75 Å². The minimum Gasteiger partial charge on any atom is -0.508 e. The second-order valence-electron chi connectivity index (χ2n) is 6.16. The number of hydrogen-bond donors (Lipinski definition) is 2. The number of primary sulfonamides is 1. The number of benzene rings is 3. The molecular formula is C18H12F3N3O3S. The molecule has 0 unspecified atom stereocenters. The number of nitrogens with two attached hydrogens (primary N) is 1. The molecule has 1 aromatic heterocycles. The van der Waals surface area contributed by atoms with E-state index in [2.05, 4.69) is 5.10 Å². The first-order chi connectivity index (χ1) is 13.1. The van der Waals surface area contributed by atoms with Crippen molar-refractivity contribution in [3.05, 3.63) is 60.3 Å². The van der Waals surface area contributed by atoms with E-state index in [9.17, 15) is 26.7 Å². The number of nitrogens with zero attached hydrogens (tertiary/aromatic N) is 2. The molecule has 0 spiro atoms. The highest BCUT2D eigenvalue weighted by molar-refractivity contribution is 7.89. The Labute approximate surface area is 156 Å². The van der Waals surface area contributed by atoms with E-state index < -0.39 is 21.9 Å². The molecule has 3 N–H and O–H groups in total. The molecule has 28 heavy (non-hydrogen) atoms. The van der Waals surface area contributed by atoms with Crippen LogP contribution in [0, 0.1) is 0 Å². The summed E-state index contributed by atoms with van der Waals surface area (Å²) in [5.41, 5.74) is -0.644. The van der Waals surface area contributed by atoms with E-state index in [1.807, 2.05) is 0 Å². The molecule has 0 aliphatic carbocycles. The third-order valence-corrected chi connectivity index (χ3v) is 5.25. The van der Waals surface area contributed by atoms with Crippen molar-refractivity contribution in [2.75, 3.05) is 0 Å². The minimum atomic E-state index is -4.69. The van der Waals surface area contributed by atoms with Gasteiger partial charge in [-0.05, 0) is 53.9 Å². The van der Waals surface area contributed by atoms with E-state index in [4.69, 9.17) is 5.14 Å². The number of sulfonamides is 1. The van der Waals surface area contributed by atoms with Crippen molar-refractivity contribution in [1.82, 2.24) is 9.78 Å². The summed E-state index contributed by atoms with van der Waals surface area (Å²) in [6, 6.07) is 12.1. The summed E-state index contributed by atoms with van der Waals surface area (Å²) in [5.74, 6) is -0.0218. The summed E-state index contributed by atoms with van der Waals surface area (Å²) in [6.45, 7) is 0. The first-order valence-electron chi connectivity index (χ1n) is 7.90. The first kappa shape index (κ1) is 18.3. The van der Waals surface area contributed by atoms with Crippen LogP contribution in [0.5, 0.6) is 5.75 Å². The van der Waals surface area contributed by atoms with Gasteiger partial charge in [0.05, 0.1) is 16.1 Å². The van der Waals surface area contributed by atoms with Crippen LogP contribution in [0.25, 0.3) is 27.4 Å². The lowest BCUT2D eigenvalue weighted by Crippen LogP contribution is -2.12. The van der Waals surface area contributed by atoms with Crippen molar-refractivity contribution >= 4 is 31.7 Å². The molecular weight excluding hydrogens is 395 g/mol. The van der Waals surface area contributed by atoms with E-state index in [0.29, 0.717) is 10.8 Å². The molecule has 6 nitrogen and oxygen atoms in total. The smallest absolute Gasteiger partial charge is 0.435 e. The van der Waals surface area contributed by atoms with Crippen LogP contribution in [0.3, 0.4) is 0 Å². The number of halogens is 3. The SMILES string of the molecule is NS(=O)(=O)c1ccc(-n2nc(C(F)(F)F)c3ccc4cc(O)ccc4c32)cc1. The molecule has 0 radical (unpaired) electrons. The number of aromatic nitrogens is 2. The van der Waals surface area contributed by atoms with E-state index in [0.717, 1.165) is 4.68 Å². The lowest BCUT2D eigenvalue weighted by Gasteiger charge is -2.07. The van der Waals surface area contributed by atoms with Gasteiger partial charge >= 0.3 is 6.18 Å². The van der Waals surface area contributed by atoms with Crippen LogP contribution >= 0.6 is 0 Å². The Morgan fingerprint density at radius 3 is 2.21 bits per heavy atom. The summed E-state index contributed by atoms with van der Waals surface area (Å²) < 4.78 is 64.5. The Morgan fingerprint density at radius 1 is 0.964 bits per heavy atom. The van der Waals surface area contributed by atoms with E-state index in [1.54, 1.807) is 0 Å². The van der Waals surface area contributed by atoms with Gasteiger partial charge < -0.3 is 5.11 Å². The van der Waals surface area contributed by atoms with Gasteiger partial charge in [-0.1, -0.05) is 6.07 Å². The van der Waals surface area contributed by atoms with Gasteiger partial charge in [0.15, 0.2) is 5.69 Å². The summed E-state index contributed by atoms with van der Waals surface area (Å²) in [7, 11) is -3.94. The second kappa shape index (κ2) is 5.94. The van der Waals surface area contributed by atoms with Gasteiger partial charge in [-0.2, -0.15) is 18.3 Å². The van der Waals surface area contributed by atoms with Gasteiger partial charge in [-0.15, -0.1) is 0 Å². The predicted octanol–water partition coefficient (Wildman–Crippen LogP) is 3.55. The maximum Gasteiger partial charge on any atom is 0.435 e. The summed E-state index contributed by atoms with van der Waals surface area (Å²) >= 11 is 0. The van der Waals surface area contributed by atoms with Gasteiger partial charge in [0, 0.05) is 10.8 Å². The number of aromatic hydroxyl groups is 1. The number of phenolic OH excluding ortho intramolecular Hbond substituents is 1. The fourth-order valence-electron chi connectivity index (χ4n) is 3.10. The zero-order chi connectivity index (χ0) is 20.3. The Kier molecular flexibility index (Phi) is 3.88. The molecule has 4 aromatic rings. The molecule has 144 valence electrons. The van der Waals surface area contributed by atoms with Crippen LogP contribution < -0.4 is 5.14 Å². The highest BCUT2D eigenvalue weighted by atomic mass is 32.2. The monoisotopic (exact) mass is 407 g/mol. The molecule has 0 aliphatic rings. The fraction of sp³-hybridized carbons (Fsp3) is 0.0556. The van der Waals surface area contributed by atoms with Crippen molar-refractivity contribution < 1.29 is 26.7 Å². The third-order valence-electron chi connectivity index (χ3n) is 4.32. The van der Waals surface area contributed by atoms with E-state index in [-0.39, 0.29) is 27.2 Å². The van der Waals surface area contributed by atoms with Crippen molar-refractivity contribution in [3.63, 3.8) is 0 Å². The zero-order valence-corrected chi connectivity index (χ0v) is 14.8. The lowest BCUT2D eigenvalue weighted by molar-refractivity contribution is -0.140. The van der Waals surface area contributed by atoms with Crippen LogP contribution in [0.15, 0.2) is 59.5 Å². The summed E-state index contributed by atoms with van der Waals surface area (Å²) in [6.07, 6.45) is -4.69. The van der Waals surface area contributed by atoms with Crippen LogP contribution in [0.2, 0.25) is 0 Å². The highest BCUT2D eigenvalue weighted by Gasteiger charge is 2.37. The number of alkyl halides is 3. The average Bonchev–Trinajstić information content (AvgIpc) is 3.01. The number of fused-ring (bicyclic) bond motifs is 3. The zero-order valence-electron chi connectivity index (χ0n) is 14.0. The Hall–Kier alpha value is -3.11. The van der Waals surface area contributed by atoms with Crippen LogP contribution in [0.4, 0.5) is 13.2 Å². The molecule has 0 amide bonds. The third kappa shape index (κ3) is 2.96. The molecule has 0 saturated carbocycles. The molecule has 10 heteroatoms. The predicted molar refractivity (Wildman–Crippen MR) is 96.6 cm³/mol. The maximum atomic E-state index is 13.5. The molecule has 0 fully saturated rings. The van der Waals surface area contributed by atoms with Crippen molar-refractivity contribution in [2.24, 2.45) is 5.14 Å². The lowest BCUT2D eigenvalue weighted by atomic mass is 10.1. The van der Waals surface area contributed by atoms with Crippen LogP contribution in [-0.2, 0) is 16.2 Å². The van der Waals surface area contributed by atoms with Crippen LogP contribution in [0.1, 0.15) is 5.69 Å². The van der Waals surface area contributed by atoms with Crippen LogP contribution in [-0.4, -0.2) is 23.3 Å². The van der Waals surface area contributed by atoms with Gasteiger partial charge in [0.2, 0.25) is 10.0 Å². The largest absolute Gasteiger partial charge is 0.508 e. The van der Waals surface area contributed by atoms with Crippen molar-refractivity contribution in [3.8, 4) is 11.4 Å². The molecule has 0 saturated heterocycles. The highest BCUT2D eigenvalue weighted by Crippen LogP contribution is 2.38. The summed E-state index contributed by atoms with van der Waals surface area (Å²) in [4.78, 5) is -0.168. The Morgan fingerprint density at radius 2 is 1.61 bits per heavy atom. The normalized spacial score (nSPS) is 12.7. The van der Waals surface area contributed by atoms with Gasteiger partial charge in [0.25, 0.3) is 0 Å². The average molecular weight is 407 g/mol. The van der Waals surface area contributed by atoms with Gasteiger partial charge in [-0.3, -0.25) is 0 Å². The number of hydrogen-bond acceptors (Lipinski definition) is 4. The topological polar surface area (TPSA) is 98.2 Å². The van der Waals surface area contributed by atoms with Crippen molar-refractivity contribution in [1.29, 1.82) is 0 Å². The maximum absolute atomic E-state index is 13.5. The first-order valence-corrected chi connectivity index (χ1v) is 9.45. The van der Waals surface area contributed by atoms with E-state index >= 15 is 0 Å². The van der Waals surface area contributed by atoms with E-state index in [1.165, 1.54) is 54.6 Å². The number of phenols is 1. The molecule has 0 bridgehead atoms. The summed E-state index contributed by atoms with van der Waals surface area (Å²) in [5, 5.41) is 19.3. The molecule has 0 atom stereocenters. The molecule has 1 heterocycles. The molecule has 3 aromatic carbocycles. The Balaban J connectivity index is 2.07. The fourth-order valence-corrected chi connectivity index (χ4v) is 3.61. The molecule has 0 aliphatic heterocycles. The Bertz CT molecular complexity index is 1330. The van der Waals surface area contributed by atoms with Gasteiger partial charge in [-0.25, -0.2) is 18.2 Å². The quantitative estimate of drug-likeness (QED) is 0.531.